The summed E-state index contributed by atoms with van der Waals surface area (Å²) in [6, 6.07) is 3.03. The van der Waals surface area contributed by atoms with Gasteiger partial charge in [0.05, 0.1) is 5.56 Å². The van der Waals surface area contributed by atoms with Gasteiger partial charge in [-0.1, -0.05) is 5.16 Å². The SMILES string of the molecule is CS(=O)(=O)c1ccc(-c2cc(C(=O)O)no2)c(O)c1F. The van der Waals surface area contributed by atoms with Crippen molar-refractivity contribution in [3.05, 3.63) is 29.7 Å². The number of nitrogens with zero attached hydrogens (tertiary/aromatic N) is 1. The van der Waals surface area contributed by atoms with Crippen LogP contribution in [0.3, 0.4) is 0 Å². The van der Waals surface area contributed by atoms with Gasteiger partial charge in [-0.05, 0) is 12.1 Å². The Morgan fingerprint density at radius 2 is 2.05 bits per heavy atom. The van der Waals surface area contributed by atoms with Gasteiger partial charge < -0.3 is 14.7 Å². The number of hydrogen-bond donors (Lipinski definition) is 2. The van der Waals surface area contributed by atoms with Crippen LogP contribution in [0.1, 0.15) is 10.5 Å². The number of carboxylic acid groups (broad SMARTS) is 1. The van der Waals surface area contributed by atoms with Crippen LogP contribution in [0.5, 0.6) is 5.75 Å². The largest absolute Gasteiger partial charge is 0.504 e. The molecule has 1 heterocycles. The summed E-state index contributed by atoms with van der Waals surface area (Å²) in [5.74, 6) is -3.84. The normalized spacial score (nSPS) is 11.5. The lowest BCUT2D eigenvalue weighted by atomic mass is 10.1. The summed E-state index contributed by atoms with van der Waals surface area (Å²) in [5.41, 5.74) is -0.623. The number of carbonyl (C=O) groups is 1. The van der Waals surface area contributed by atoms with Crippen LogP contribution in [0.25, 0.3) is 11.3 Å². The second-order valence-corrected chi connectivity index (χ2v) is 5.91. The molecule has 0 unspecified atom stereocenters. The van der Waals surface area contributed by atoms with E-state index in [2.05, 4.69) is 9.68 Å². The number of phenols is 1. The van der Waals surface area contributed by atoms with Crippen LogP contribution >= 0.6 is 0 Å². The summed E-state index contributed by atoms with van der Waals surface area (Å²) in [7, 11) is -3.84. The van der Waals surface area contributed by atoms with Crippen molar-refractivity contribution in [2.24, 2.45) is 0 Å². The number of aromatic hydroxyl groups is 1. The Morgan fingerprint density at radius 3 is 2.55 bits per heavy atom. The van der Waals surface area contributed by atoms with Crippen LogP contribution < -0.4 is 0 Å². The summed E-state index contributed by atoms with van der Waals surface area (Å²) < 4.78 is 41.0. The summed E-state index contributed by atoms with van der Waals surface area (Å²) in [6.45, 7) is 0. The quantitative estimate of drug-likeness (QED) is 0.876. The molecule has 9 heteroatoms. The van der Waals surface area contributed by atoms with Gasteiger partial charge in [-0.2, -0.15) is 0 Å². The van der Waals surface area contributed by atoms with Crippen molar-refractivity contribution in [3.63, 3.8) is 0 Å². The molecule has 106 valence electrons. The third-order valence-electron chi connectivity index (χ3n) is 2.47. The van der Waals surface area contributed by atoms with E-state index in [9.17, 15) is 22.7 Å². The molecule has 7 nitrogen and oxygen atoms in total. The standard InChI is InChI=1S/C11H8FNO6S/c1-20(17,18)8-3-2-5(10(14)9(8)12)7-4-6(11(15)16)13-19-7/h2-4,14H,1H3,(H,15,16). The first kappa shape index (κ1) is 14.0. The molecule has 0 aliphatic carbocycles. The summed E-state index contributed by atoms with van der Waals surface area (Å²) in [6.07, 6.45) is 0.793. The first-order valence-corrected chi connectivity index (χ1v) is 7.03. The van der Waals surface area contributed by atoms with E-state index in [-0.39, 0.29) is 11.3 Å². The van der Waals surface area contributed by atoms with Gasteiger partial charge in [-0.15, -0.1) is 0 Å². The minimum atomic E-state index is -3.84. The first-order valence-electron chi connectivity index (χ1n) is 5.13. The molecule has 0 aliphatic rings. The van der Waals surface area contributed by atoms with Crippen LogP contribution in [0.15, 0.2) is 27.6 Å². The zero-order valence-electron chi connectivity index (χ0n) is 9.99. The highest BCUT2D eigenvalue weighted by atomic mass is 32.2. The smallest absolute Gasteiger partial charge is 0.358 e. The minimum absolute atomic E-state index is 0.196. The zero-order valence-corrected chi connectivity index (χ0v) is 10.8. The van der Waals surface area contributed by atoms with Crippen molar-refractivity contribution in [1.29, 1.82) is 0 Å². The monoisotopic (exact) mass is 301 g/mol. The highest BCUT2D eigenvalue weighted by molar-refractivity contribution is 7.90. The molecule has 0 bridgehead atoms. The Labute approximate surface area is 112 Å². The number of benzene rings is 1. The lowest BCUT2D eigenvalue weighted by Crippen LogP contribution is -2.01. The van der Waals surface area contributed by atoms with Crippen molar-refractivity contribution in [2.45, 2.75) is 4.90 Å². The Balaban J connectivity index is 2.59. The van der Waals surface area contributed by atoms with E-state index in [1.54, 1.807) is 0 Å². The first-order chi connectivity index (χ1) is 9.21. The van der Waals surface area contributed by atoms with Gasteiger partial charge in [-0.3, -0.25) is 0 Å². The predicted octanol–water partition coefficient (Wildman–Crippen LogP) is 1.29. The maximum Gasteiger partial charge on any atom is 0.358 e. The van der Waals surface area contributed by atoms with E-state index < -0.39 is 38.0 Å². The van der Waals surface area contributed by atoms with Gasteiger partial charge in [0.1, 0.15) is 4.90 Å². The van der Waals surface area contributed by atoms with Crippen molar-refractivity contribution >= 4 is 15.8 Å². The van der Waals surface area contributed by atoms with Gasteiger partial charge in [0.25, 0.3) is 0 Å². The van der Waals surface area contributed by atoms with Crippen LogP contribution in [0.4, 0.5) is 4.39 Å². The van der Waals surface area contributed by atoms with E-state index in [0.29, 0.717) is 0 Å². The molecule has 0 saturated heterocycles. The fourth-order valence-corrected chi connectivity index (χ4v) is 2.27. The van der Waals surface area contributed by atoms with E-state index >= 15 is 0 Å². The molecule has 2 aromatic rings. The molecule has 1 aromatic carbocycles. The van der Waals surface area contributed by atoms with Gasteiger partial charge in [0.15, 0.2) is 32.9 Å². The number of aromatic carboxylic acids is 1. The molecule has 0 saturated carbocycles. The second-order valence-electron chi connectivity index (χ2n) is 3.93. The Hall–Kier alpha value is -2.42. The highest BCUT2D eigenvalue weighted by Crippen LogP contribution is 2.34. The van der Waals surface area contributed by atoms with E-state index in [4.69, 9.17) is 5.11 Å². The topological polar surface area (TPSA) is 118 Å². The maximum atomic E-state index is 13.8. The third-order valence-corrected chi connectivity index (χ3v) is 3.59. The van der Waals surface area contributed by atoms with Gasteiger partial charge in [0.2, 0.25) is 0 Å². The Bertz CT molecular complexity index is 795. The number of sulfone groups is 1. The van der Waals surface area contributed by atoms with Gasteiger partial charge >= 0.3 is 5.97 Å². The van der Waals surface area contributed by atoms with Crippen molar-refractivity contribution in [1.82, 2.24) is 5.16 Å². The van der Waals surface area contributed by atoms with Crippen LogP contribution in [-0.4, -0.2) is 36.0 Å². The average Bonchev–Trinajstić information content (AvgIpc) is 2.80. The minimum Gasteiger partial charge on any atom is -0.504 e. The fraction of sp³-hybridized carbons (Fsp3) is 0.0909. The average molecular weight is 301 g/mol. The van der Waals surface area contributed by atoms with Crippen molar-refractivity contribution in [3.8, 4) is 17.1 Å². The highest BCUT2D eigenvalue weighted by Gasteiger charge is 2.22. The number of aromatic nitrogens is 1. The van der Waals surface area contributed by atoms with Crippen LogP contribution in [0, 0.1) is 5.82 Å². The molecule has 0 radical (unpaired) electrons. The summed E-state index contributed by atoms with van der Waals surface area (Å²) >= 11 is 0. The molecule has 2 rings (SSSR count). The second kappa shape index (κ2) is 4.60. The number of phenolic OH excluding ortho intramolecular Hbond substituents is 1. The number of hydrogen-bond acceptors (Lipinski definition) is 6. The molecule has 0 amide bonds. The maximum absolute atomic E-state index is 13.8. The Kier molecular flexibility index (Phi) is 3.22. The van der Waals surface area contributed by atoms with E-state index in [1.807, 2.05) is 0 Å². The Morgan fingerprint density at radius 1 is 1.40 bits per heavy atom. The lowest BCUT2D eigenvalue weighted by Gasteiger charge is -2.05. The predicted molar refractivity (Wildman–Crippen MR) is 63.6 cm³/mol. The summed E-state index contributed by atoms with van der Waals surface area (Å²) in [5, 5.41) is 21.6. The van der Waals surface area contributed by atoms with Crippen molar-refractivity contribution < 1.29 is 32.3 Å². The molecule has 0 fully saturated rings. The molecule has 1 aromatic heterocycles. The van der Waals surface area contributed by atoms with Gasteiger partial charge in [-0.25, -0.2) is 17.6 Å². The molecular weight excluding hydrogens is 293 g/mol. The van der Waals surface area contributed by atoms with Crippen LogP contribution in [0.2, 0.25) is 0 Å². The number of rotatable bonds is 3. The van der Waals surface area contributed by atoms with Gasteiger partial charge in [0, 0.05) is 12.3 Å². The van der Waals surface area contributed by atoms with E-state index in [1.165, 1.54) is 0 Å². The number of halogens is 1. The molecule has 20 heavy (non-hydrogen) atoms. The molecule has 0 aliphatic heterocycles. The summed E-state index contributed by atoms with van der Waals surface area (Å²) in [4.78, 5) is 9.97. The fourth-order valence-electron chi connectivity index (χ4n) is 1.53. The number of carboxylic acids is 1. The molecule has 0 spiro atoms. The molecule has 2 N–H and O–H groups in total. The van der Waals surface area contributed by atoms with E-state index in [0.717, 1.165) is 24.5 Å². The van der Waals surface area contributed by atoms with Crippen LogP contribution in [-0.2, 0) is 9.84 Å². The third kappa shape index (κ3) is 2.35. The molecular formula is C11H8FNO6S. The lowest BCUT2D eigenvalue weighted by molar-refractivity contribution is 0.0686. The molecule has 0 atom stereocenters. The zero-order chi connectivity index (χ0) is 15.1. The van der Waals surface area contributed by atoms with Crippen molar-refractivity contribution in [2.75, 3.05) is 6.26 Å².